The zero-order valence-electron chi connectivity index (χ0n) is 8.84. The van der Waals surface area contributed by atoms with Crippen molar-refractivity contribution in [1.29, 1.82) is 0 Å². The minimum absolute atomic E-state index is 0.119. The van der Waals surface area contributed by atoms with Gasteiger partial charge >= 0.3 is 0 Å². The number of carbonyl (C=O) groups excluding carboxylic acids is 1. The summed E-state index contributed by atoms with van der Waals surface area (Å²) in [4.78, 5) is 13.6. The molecule has 2 N–H and O–H groups in total. The van der Waals surface area contributed by atoms with Gasteiger partial charge in [0, 0.05) is 13.1 Å². The molecule has 0 bridgehead atoms. The molecule has 0 aromatic rings. The highest BCUT2D eigenvalue weighted by Crippen LogP contribution is 2.28. The van der Waals surface area contributed by atoms with E-state index < -0.39 is 0 Å². The Kier molecular flexibility index (Phi) is 2.96. The number of hydrogen-bond donors (Lipinski definition) is 1. The summed E-state index contributed by atoms with van der Waals surface area (Å²) in [6, 6.07) is -0.297. The summed E-state index contributed by atoms with van der Waals surface area (Å²) in [5, 5.41) is 0. The Hall–Kier alpha value is -0.570. The van der Waals surface area contributed by atoms with Gasteiger partial charge in [-0.15, -0.1) is 0 Å². The van der Waals surface area contributed by atoms with Gasteiger partial charge in [0.25, 0.3) is 0 Å². The summed E-state index contributed by atoms with van der Waals surface area (Å²) in [5.41, 5.74) is 5.97. The molecule has 0 radical (unpaired) electrons. The van der Waals surface area contributed by atoms with Crippen LogP contribution in [0.3, 0.4) is 0 Å². The zero-order chi connectivity index (χ0) is 10.1. The third-order valence-corrected chi connectivity index (χ3v) is 2.75. The first-order chi connectivity index (χ1) is 5.96. The van der Waals surface area contributed by atoms with Crippen LogP contribution in [0.1, 0.15) is 33.6 Å². The maximum Gasteiger partial charge on any atom is 0.239 e. The number of hydrogen-bond acceptors (Lipinski definition) is 2. The SMILES string of the molecule is CC[C@H](N)C(=O)N1CCC(C)(C)C1. The summed E-state index contributed by atoms with van der Waals surface area (Å²) in [6.45, 7) is 8.07. The van der Waals surface area contributed by atoms with Crippen LogP contribution >= 0.6 is 0 Å². The maximum atomic E-state index is 11.7. The molecule has 1 aliphatic rings. The Morgan fingerprint density at radius 2 is 2.23 bits per heavy atom. The highest BCUT2D eigenvalue weighted by Gasteiger charge is 2.33. The molecular formula is C10H20N2O. The van der Waals surface area contributed by atoms with Crippen LogP contribution in [0.15, 0.2) is 0 Å². The van der Waals surface area contributed by atoms with E-state index in [1.165, 1.54) is 0 Å². The van der Waals surface area contributed by atoms with E-state index >= 15 is 0 Å². The van der Waals surface area contributed by atoms with Crippen LogP contribution < -0.4 is 5.73 Å². The second kappa shape index (κ2) is 3.66. The van der Waals surface area contributed by atoms with Crippen molar-refractivity contribution in [3.63, 3.8) is 0 Å². The van der Waals surface area contributed by atoms with E-state index in [4.69, 9.17) is 5.73 Å². The van der Waals surface area contributed by atoms with Crippen molar-refractivity contribution in [3.05, 3.63) is 0 Å². The lowest BCUT2D eigenvalue weighted by Crippen LogP contribution is -2.42. The first kappa shape index (κ1) is 10.5. The number of rotatable bonds is 2. The molecular weight excluding hydrogens is 164 g/mol. The van der Waals surface area contributed by atoms with Crippen LogP contribution in [0.5, 0.6) is 0 Å². The molecule has 0 aromatic carbocycles. The van der Waals surface area contributed by atoms with Crippen molar-refractivity contribution in [3.8, 4) is 0 Å². The van der Waals surface area contributed by atoms with E-state index in [-0.39, 0.29) is 17.4 Å². The molecule has 1 rings (SSSR count). The number of nitrogens with zero attached hydrogens (tertiary/aromatic N) is 1. The lowest BCUT2D eigenvalue weighted by atomic mass is 9.93. The minimum atomic E-state index is -0.297. The normalized spacial score (nSPS) is 23.2. The number of carbonyl (C=O) groups is 1. The van der Waals surface area contributed by atoms with Crippen molar-refractivity contribution in [2.75, 3.05) is 13.1 Å². The van der Waals surface area contributed by atoms with Crippen LogP contribution in [-0.2, 0) is 4.79 Å². The summed E-state index contributed by atoms with van der Waals surface area (Å²) < 4.78 is 0. The molecule has 3 heteroatoms. The Balaban J connectivity index is 2.51. The van der Waals surface area contributed by atoms with Gasteiger partial charge in [0.2, 0.25) is 5.91 Å². The summed E-state index contributed by atoms with van der Waals surface area (Å²) in [5.74, 6) is 0.119. The fraction of sp³-hybridized carbons (Fsp3) is 0.900. The molecule has 0 unspecified atom stereocenters. The number of likely N-dealkylation sites (tertiary alicyclic amines) is 1. The molecule has 1 amide bonds. The van der Waals surface area contributed by atoms with Crippen LogP contribution in [0.4, 0.5) is 0 Å². The average Bonchev–Trinajstić information content (AvgIpc) is 2.43. The first-order valence-corrected chi connectivity index (χ1v) is 5.00. The molecule has 1 fully saturated rings. The lowest BCUT2D eigenvalue weighted by molar-refractivity contribution is -0.131. The molecule has 1 aliphatic heterocycles. The van der Waals surface area contributed by atoms with Crippen molar-refractivity contribution >= 4 is 5.91 Å². The van der Waals surface area contributed by atoms with Gasteiger partial charge < -0.3 is 10.6 Å². The van der Waals surface area contributed by atoms with E-state index in [2.05, 4.69) is 13.8 Å². The minimum Gasteiger partial charge on any atom is -0.341 e. The molecule has 0 aromatic heterocycles. The van der Waals surface area contributed by atoms with Crippen molar-refractivity contribution in [1.82, 2.24) is 4.90 Å². The predicted octanol–water partition coefficient (Wildman–Crippen LogP) is 0.982. The van der Waals surface area contributed by atoms with Crippen molar-refractivity contribution in [2.24, 2.45) is 11.1 Å². The zero-order valence-corrected chi connectivity index (χ0v) is 8.84. The Morgan fingerprint density at radius 3 is 2.62 bits per heavy atom. The highest BCUT2D eigenvalue weighted by atomic mass is 16.2. The summed E-state index contributed by atoms with van der Waals surface area (Å²) in [6.07, 6.45) is 1.82. The Bertz CT molecular complexity index is 201. The van der Waals surface area contributed by atoms with Gasteiger partial charge in [-0.1, -0.05) is 20.8 Å². The van der Waals surface area contributed by atoms with Crippen LogP contribution in [0, 0.1) is 5.41 Å². The lowest BCUT2D eigenvalue weighted by Gasteiger charge is -2.22. The topological polar surface area (TPSA) is 46.3 Å². The standard InChI is InChI=1S/C10H20N2O/c1-4-8(11)9(13)12-6-5-10(2,3)7-12/h8H,4-7,11H2,1-3H3/t8-/m0/s1. The van der Waals surface area contributed by atoms with Crippen LogP contribution in [-0.4, -0.2) is 29.9 Å². The van der Waals surface area contributed by atoms with Gasteiger partial charge in [0.05, 0.1) is 6.04 Å². The van der Waals surface area contributed by atoms with Gasteiger partial charge in [-0.3, -0.25) is 4.79 Å². The fourth-order valence-corrected chi connectivity index (χ4v) is 1.71. The fourth-order valence-electron chi connectivity index (χ4n) is 1.71. The molecule has 0 saturated carbocycles. The third kappa shape index (κ3) is 2.44. The largest absolute Gasteiger partial charge is 0.341 e. The molecule has 0 spiro atoms. The summed E-state index contributed by atoms with van der Waals surface area (Å²) >= 11 is 0. The predicted molar refractivity (Wildman–Crippen MR) is 53.2 cm³/mol. The quantitative estimate of drug-likeness (QED) is 0.695. The Labute approximate surface area is 80.3 Å². The van der Waals surface area contributed by atoms with E-state index in [9.17, 15) is 4.79 Å². The van der Waals surface area contributed by atoms with Crippen LogP contribution in [0.2, 0.25) is 0 Å². The van der Waals surface area contributed by atoms with Gasteiger partial charge in [-0.05, 0) is 18.3 Å². The van der Waals surface area contributed by atoms with Gasteiger partial charge in [-0.25, -0.2) is 0 Å². The monoisotopic (exact) mass is 184 g/mol. The molecule has 76 valence electrons. The van der Waals surface area contributed by atoms with Crippen molar-refractivity contribution < 1.29 is 4.79 Å². The molecule has 1 saturated heterocycles. The van der Waals surface area contributed by atoms with Gasteiger partial charge in [0.15, 0.2) is 0 Å². The Morgan fingerprint density at radius 1 is 1.62 bits per heavy atom. The molecule has 1 atom stereocenters. The number of amides is 1. The average molecular weight is 184 g/mol. The van der Waals surface area contributed by atoms with Gasteiger partial charge in [0.1, 0.15) is 0 Å². The maximum absolute atomic E-state index is 11.7. The molecule has 13 heavy (non-hydrogen) atoms. The number of nitrogens with two attached hydrogens (primary N) is 1. The van der Waals surface area contributed by atoms with E-state index in [0.29, 0.717) is 0 Å². The highest BCUT2D eigenvalue weighted by molar-refractivity contribution is 5.81. The van der Waals surface area contributed by atoms with E-state index in [1.807, 2.05) is 11.8 Å². The summed E-state index contributed by atoms with van der Waals surface area (Å²) in [7, 11) is 0. The smallest absolute Gasteiger partial charge is 0.239 e. The first-order valence-electron chi connectivity index (χ1n) is 5.00. The molecule has 3 nitrogen and oxygen atoms in total. The van der Waals surface area contributed by atoms with E-state index in [0.717, 1.165) is 25.9 Å². The van der Waals surface area contributed by atoms with Crippen LogP contribution in [0.25, 0.3) is 0 Å². The third-order valence-electron chi connectivity index (χ3n) is 2.75. The molecule has 0 aliphatic carbocycles. The molecule has 1 heterocycles. The second-order valence-electron chi connectivity index (χ2n) is 4.69. The van der Waals surface area contributed by atoms with E-state index in [1.54, 1.807) is 0 Å². The second-order valence-corrected chi connectivity index (χ2v) is 4.69. The van der Waals surface area contributed by atoms with Gasteiger partial charge in [-0.2, -0.15) is 0 Å². The van der Waals surface area contributed by atoms with Crippen molar-refractivity contribution in [2.45, 2.75) is 39.7 Å².